The lowest BCUT2D eigenvalue weighted by Gasteiger charge is -1.99. The molecule has 0 aliphatic rings. The van der Waals surface area contributed by atoms with E-state index in [1.807, 2.05) is 30.3 Å². The Bertz CT molecular complexity index is 246. The van der Waals surface area contributed by atoms with Crippen LogP contribution in [0.15, 0.2) is 30.3 Å². The van der Waals surface area contributed by atoms with Gasteiger partial charge in [-0.3, -0.25) is 4.79 Å². The van der Waals surface area contributed by atoms with Crippen LogP contribution >= 0.6 is 0 Å². The largest absolute Gasteiger partial charge is 0.367 e. The molecule has 1 aromatic carbocycles. The van der Waals surface area contributed by atoms with E-state index in [-0.39, 0.29) is 0 Å². The van der Waals surface area contributed by atoms with Crippen LogP contribution in [-0.2, 0) is 16.1 Å². The van der Waals surface area contributed by atoms with E-state index in [0.29, 0.717) is 6.61 Å². The zero-order valence-corrected chi connectivity index (χ0v) is 6.57. The summed E-state index contributed by atoms with van der Waals surface area (Å²) in [6.45, 7) is 1.39. The number of ether oxygens (including phenoxy) is 1. The maximum atomic E-state index is 10.2. The van der Waals surface area contributed by atoms with Crippen LogP contribution in [-0.4, -0.2) is 5.91 Å². The van der Waals surface area contributed by atoms with Crippen LogP contribution in [0.4, 0.5) is 0 Å². The van der Waals surface area contributed by atoms with Gasteiger partial charge in [0, 0.05) is 0 Å². The van der Waals surface area contributed by atoms with Gasteiger partial charge in [-0.05, 0) is 5.56 Å². The Morgan fingerprint density at radius 1 is 1.42 bits per heavy atom. The molecule has 0 atom stereocenters. The summed E-state index contributed by atoms with van der Waals surface area (Å²) < 4.78 is 4.88. The van der Waals surface area contributed by atoms with Crippen molar-refractivity contribution >= 4 is 5.91 Å². The molecule has 2 N–H and O–H groups in total. The highest BCUT2D eigenvalue weighted by Crippen LogP contribution is 2.00. The molecule has 0 spiro atoms. The minimum atomic E-state index is -0.564. The highest BCUT2D eigenvalue weighted by atomic mass is 16.5. The fraction of sp³-hybridized carbons (Fsp3) is 0.111. The van der Waals surface area contributed by atoms with Gasteiger partial charge in [-0.25, -0.2) is 0 Å². The molecule has 1 amide bonds. The molecule has 3 heteroatoms. The maximum absolute atomic E-state index is 10.2. The SMILES string of the molecule is NC(=O)[CH]OCc1ccccc1. The van der Waals surface area contributed by atoms with Crippen LogP contribution in [0.1, 0.15) is 5.56 Å². The van der Waals surface area contributed by atoms with Crippen LogP contribution in [0, 0.1) is 6.61 Å². The van der Waals surface area contributed by atoms with Gasteiger partial charge >= 0.3 is 0 Å². The van der Waals surface area contributed by atoms with Gasteiger partial charge in [0.05, 0.1) is 6.61 Å². The summed E-state index contributed by atoms with van der Waals surface area (Å²) in [6, 6.07) is 9.55. The van der Waals surface area contributed by atoms with Crippen LogP contribution < -0.4 is 5.73 Å². The summed E-state index contributed by atoms with van der Waals surface area (Å²) in [5.41, 5.74) is 5.85. The molecule has 0 heterocycles. The van der Waals surface area contributed by atoms with Crippen LogP contribution in [0.2, 0.25) is 0 Å². The van der Waals surface area contributed by atoms with E-state index in [2.05, 4.69) is 0 Å². The summed E-state index contributed by atoms with van der Waals surface area (Å²) in [4.78, 5) is 10.2. The van der Waals surface area contributed by atoms with Crippen molar-refractivity contribution in [1.82, 2.24) is 0 Å². The molecule has 0 aliphatic heterocycles. The highest BCUT2D eigenvalue weighted by Gasteiger charge is 1.95. The zero-order chi connectivity index (χ0) is 8.81. The number of carbonyl (C=O) groups excluding carboxylic acids is 1. The molecule has 0 saturated carbocycles. The molecule has 1 rings (SSSR count). The third kappa shape index (κ3) is 3.16. The fourth-order valence-corrected chi connectivity index (χ4v) is 0.794. The van der Waals surface area contributed by atoms with Gasteiger partial charge in [-0.15, -0.1) is 0 Å². The van der Waals surface area contributed by atoms with Crippen molar-refractivity contribution in [2.24, 2.45) is 5.73 Å². The standard InChI is InChI=1S/C9H10NO2/c10-9(11)7-12-6-8-4-2-1-3-5-8/h1-5,7H,6H2,(H2,10,11). The van der Waals surface area contributed by atoms with Gasteiger partial charge in [0.1, 0.15) is 0 Å². The van der Waals surface area contributed by atoms with Gasteiger partial charge < -0.3 is 10.5 Å². The average molecular weight is 164 g/mol. The van der Waals surface area contributed by atoms with Crippen molar-refractivity contribution < 1.29 is 9.53 Å². The van der Waals surface area contributed by atoms with Gasteiger partial charge in [-0.1, -0.05) is 30.3 Å². The summed E-state index contributed by atoms with van der Waals surface area (Å²) >= 11 is 0. The Morgan fingerprint density at radius 3 is 2.67 bits per heavy atom. The number of benzene rings is 1. The van der Waals surface area contributed by atoms with Gasteiger partial charge in [0.25, 0.3) is 0 Å². The van der Waals surface area contributed by atoms with E-state index in [9.17, 15) is 4.79 Å². The van der Waals surface area contributed by atoms with E-state index in [1.54, 1.807) is 0 Å². The van der Waals surface area contributed by atoms with Crippen molar-refractivity contribution in [2.75, 3.05) is 0 Å². The predicted octanol–water partition coefficient (Wildman–Crippen LogP) is 0.850. The smallest absolute Gasteiger partial charge is 0.249 e. The average Bonchev–Trinajstić information content (AvgIpc) is 2.05. The summed E-state index contributed by atoms with van der Waals surface area (Å²) in [5, 5.41) is 0. The first-order valence-corrected chi connectivity index (χ1v) is 3.57. The number of carbonyl (C=O) groups is 1. The Morgan fingerprint density at radius 2 is 2.08 bits per heavy atom. The molecule has 0 unspecified atom stereocenters. The van der Waals surface area contributed by atoms with Gasteiger partial charge in [0.2, 0.25) is 5.91 Å². The van der Waals surface area contributed by atoms with E-state index >= 15 is 0 Å². The molecule has 0 bridgehead atoms. The van der Waals surface area contributed by atoms with Gasteiger partial charge in [0.15, 0.2) is 6.61 Å². The Balaban J connectivity index is 2.29. The molecule has 1 radical (unpaired) electrons. The topological polar surface area (TPSA) is 52.3 Å². The molecule has 0 fully saturated rings. The third-order valence-electron chi connectivity index (χ3n) is 1.29. The minimum absolute atomic E-state index is 0.379. The van der Waals surface area contributed by atoms with Crippen LogP contribution in [0.5, 0.6) is 0 Å². The quantitative estimate of drug-likeness (QED) is 0.717. The predicted molar refractivity (Wildman–Crippen MR) is 44.7 cm³/mol. The molecule has 0 aromatic heterocycles. The molecular formula is C9H10NO2. The van der Waals surface area contributed by atoms with Crippen molar-refractivity contribution in [3.05, 3.63) is 42.5 Å². The van der Waals surface area contributed by atoms with Crippen molar-refractivity contribution in [2.45, 2.75) is 6.61 Å². The fourth-order valence-electron chi connectivity index (χ4n) is 0.794. The lowest BCUT2D eigenvalue weighted by Crippen LogP contribution is -2.12. The normalized spacial score (nSPS) is 9.67. The van der Waals surface area contributed by atoms with E-state index in [0.717, 1.165) is 12.2 Å². The summed E-state index contributed by atoms with van der Waals surface area (Å²) in [5.74, 6) is -0.564. The second-order valence-corrected chi connectivity index (χ2v) is 2.32. The first kappa shape index (κ1) is 8.74. The summed E-state index contributed by atoms with van der Waals surface area (Å²) in [7, 11) is 0. The Hall–Kier alpha value is -1.35. The van der Waals surface area contributed by atoms with Crippen molar-refractivity contribution in [1.29, 1.82) is 0 Å². The second-order valence-electron chi connectivity index (χ2n) is 2.32. The van der Waals surface area contributed by atoms with Crippen LogP contribution in [0.3, 0.4) is 0 Å². The monoisotopic (exact) mass is 164 g/mol. The number of rotatable bonds is 4. The highest BCUT2D eigenvalue weighted by molar-refractivity contribution is 5.81. The molecule has 12 heavy (non-hydrogen) atoms. The number of hydrogen-bond acceptors (Lipinski definition) is 2. The number of primary amides is 1. The van der Waals surface area contributed by atoms with Crippen molar-refractivity contribution in [3.8, 4) is 0 Å². The number of amides is 1. The van der Waals surface area contributed by atoms with Crippen molar-refractivity contribution in [3.63, 3.8) is 0 Å². The second kappa shape index (κ2) is 4.51. The van der Waals surface area contributed by atoms with Crippen LogP contribution in [0.25, 0.3) is 0 Å². The molecule has 1 aromatic rings. The maximum Gasteiger partial charge on any atom is 0.249 e. The van der Waals surface area contributed by atoms with E-state index in [4.69, 9.17) is 10.5 Å². The van der Waals surface area contributed by atoms with E-state index in [1.165, 1.54) is 0 Å². The summed E-state index contributed by atoms with van der Waals surface area (Å²) in [6.07, 6.45) is 0. The third-order valence-corrected chi connectivity index (χ3v) is 1.29. The molecular weight excluding hydrogens is 154 g/mol. The Kier molecular flexibility index (Phi) is 3.29. The molecule has 3 nitrogen and oxygen atoms in total. The molecule has 63 valence electrons. The lowest BCUT2D eigenvalue weighted by molar-refractivity contribution is -0.118. The zero-order valence-electron chi connectivity index (χ0n) is 6.57. The number of hydrogen-bond donors (Lipinski definition) is 1. The van der Waals surface area contributed by atoms with Gasteiger partial charge in [-0.2, -0.15) is 0 Å². The molecule has 0 saturated heterocycles. The Labute approximate surface area is 71.1 Å². The first-order chi connectivity index (χ1) is 5.79. The minimum Gasteiger partial charge on any atom is -0.367 e. The molecule has 0 aliphatic carbocycles. The first-order valence-electron chi connectivity index (χ1n) is 3.57. The van der Waals surface area contributed by atoms with E-state index < -0.39 is 5.91 Å². The lowest BCUT2D eigenvalue weighted by atomic mass is 10.2. The number of nitrogens with two attached hydrogens (primary N) is 1.